The number of rotatable bonds is 9. The fourth-order valence-corrected chi connectivity index (χ4v) is 2.26. The molecule has 2 aromatic rings. The van der Waals surface area contributed by atoms with Gasteiger partial charge in [-0.1, -0.05) is 50.5 Å². The monoisotopic (exact) mass is 346 g/mol. The first-order valence-electron chi connectivity index (χ1n) is 8.85. The number of para-hydroxylation sites is 1. The van der Waals surface area contributed by atoms with E-state index in [0.29, 0.717) is 30.5 Å². The number of phenolic OH excluding ortho intramolecular Hbond substituents is 2. The minimum absolute atomic E-state index is 0.322. The van der Waals surface area contributed by atoms with E-state index in [0.717, 1.165) is 18.4 Å². The van der Waals surface area contributed by atoms with Crippen LogP contribution in [0.5, 0.6) is 17.2 Å². The predicted molar refractivity (Wildman–Crippen MR) is 101 cm³/mol. The van der Waals surface area contributed by atoms with E-state index in [1.165, 1.54) is 19.3 Å². The highest BCUT2D eigenvalue weighted by Gasteiger charge is 2.03. The van der Waals surface area contributed by atoms with Crippen LogP contribution in [0.3, 0.4) is 0 Å². The predicted octanol–water partition coefficient (Wildman–Crippen LogP) is 4.93. The Morgan fingerprint density at radius 2 is 1.64 bits per heavy atom. The molecule has 0 heterocycles. The molecule has 2 aromatic carbocycles. The van der Waals surface area contributed by atoms with Gasteiger partial charge in [-0.2, -0.15) is 0 Å². The molecule has 2 rings (SSSR count). The van der Waals surface area contributed by atoms with Crippen molar-refractivity contribution in [2.75, 3.05) is 20.3 Å². The molecule has 0 bridgehead atoms. The summed E-state index contributed by atoms with van der Waals surface area (Å²) in [5.74, 6) is 1.35. The van der Waals surface area contributed by atoms with Crippen molar-refractivity contribution < 1.29 is 19.7 Å². The molecule has 0 unspecified atom stereocenters. The fraction of sp³-hybridized carbons (Fsp3) is 0.429. The SMILES string of the molecule is CCCCCCc1ccc(OCCOC)cc1O.Oc1ccccc1. The largest absolute Gasteiger partial charge is 0.508 e. The lowest BCUT2D eigenvalue weighted by Crippen LogP contribution is -2.04. The molecule has 0 aromatic heterocycles. The van der Waals surface area contributed by atoms with Crippen LogP contribution in [-0.4, -0.2) is 30.5 Å². The van der Waals surface area contributed by atoms with Gasteiger partial charge >= 0.3 is 0 Å². The van der Waals surface area contributed by atoms with Crippen molar-refractivity contribution in [2.24, 2.45) is 0 Å². The summed E-state index contributed by atoms with van der Waals surface area (Å²) < 4.78 is 10.3. The Bertz CT molecular complexity index is 569. The molecule has 138 valence electrons. The minimum atomic E-state index is 0.322. The van der Waals surface area contributed by atoms with E-state index in [1.807, 2.05) is 18.2 Å². The van der Waals surface area contributed by atoms with Crippen molar-refractivity contribution in [3.8, 4) is 17.2 Å². The number of hydrogen-bond donors (Lipinski definition) is 2. The van der Waals surface area contributed by atoms with Crippen molar-refractivity contribution in [1.29, 1.82) is 0 Å². The lowest BCUT2D eigenvalue weighted by Gasteiger charge is -2.09. The molecule has 0 saturated carbocycles. The van der Waals surface area contributed by atoms with Gasteiger partial charge in [0.1, 0.15) is 23.9 Å². The van der Waals surface area contributed by atoms with Crippen LogP contribution in [0.25, 0.3) is 0 Å². The second-order valence-electron chi connectivity index (χ2n) is 5.78. The zero-order chi connectivity index (χ0) is 18.3. The number of hydrogen-bond acceptors (Lipinski definition) is 4. The lowest BCUT2D eigenvalue weighted by molar-refractivity contribution is 0.146. The van der Waals surface area contributed by atoms with Gasteiger partial charge in [-0.3, -0.25) is 0 Å². The molecule has 0 fully saturated rings. The molecule has 0 atom stereocenters. The van der Waals surface area contributed by atoms with Crippen molar-refractivity contribution in [3.63, 3.8) is 0 Å². The first kappa shape index (κ1) is 20.8. The summed E-state index contributed by atoms with van der Waals surface area (Å²) >= 11 is 0. The molecule has 0 radical (unpaired) electrons. The van der Waals surface area contributed by atoms with E-state index in [4.69, 9.17) is 14.6 Å². The zero-order valence-corrected chi connectivity index (χ0v) is 15.3. The Kier molecular flexibility index (Phi) is 10.9. The fourth-order valence-electron chi connectivity index (χ4n) is 2.26. The van der Waals surface area contributed by atoms with Crippen LogP contribution in [0.2, 0.25) is 0 Å². The smallest absolute Gasteiger partial charge is 0.123 e. The van der Waals surface area contributed by atoms with Crippen LogP contribution >= 0.6 is 0 Å². The molecule has 2 N–H and O–H groups in total. The standard InChI is InChI=1S/C15H24O3.C6H6O/c1-3-4-5-6-7-13-8-9-14(12-15(13)16)18-11-10-17-2;7-6-4-2-1-3-5-6/h8-9,12,16H,3-7,10-11H2,1-2H3;1-5,7H. The average molecular weight is 346 g/mol. The maximum absolute atomic E-state index is 9.89. The van der Waals surface area contributed by atoms with E-state index < -0.39 is 0 Å². The summed E-state index contributed by atoms with van der Waals surface area (Å²) in [4.78, 5) is 0. The number of benzene rings is 2. The second kappa shape index (κ2) is 13.1. The number of unbranched alkanes of at least 4 members (excludes halogenated alkanes) is 3. The van der Waals surface area contributed by atoms with Crippen LogP contribution in [0.4, 0.5) is 0 Å². The number of ether oxygens (including phenoxy) is 2. The van der Waals surface area contributed by atoms with Gasteiger partial charge in [-0.05, 0) is 36.6 Å². The topological polar surface area (TPSA) is 58.9 Å². The van der Waals surface area contributed by atoms with Crippen molar-refractivity contribution in [2.45, 2.75) is 39.0 Å². The van der Waals surface area contributed by atoms with Gasteiger partial charge in [0.25, 0.3) is 0 Å². The average Bonchev–Trinajstić information content (AvgIpc) is 2.62. The van der Waals surface area contributed by atoms with Gasteiger partial charge in [-0.15, -0.1) is 0 Å². The van der Waals surface area contributed by atoms with Crippen LogP contribution in [-0.2, 0) is 11.2 Å². The third kappa shape index (κ3) is 9.62. The summed E-state index contributed by atoms with van der Waals surface area (Å²) in [6.07, 6.45) is 5.79. The summed E-state index contributed by atoms with van der Waals surface area (Å²) in [6.45, 7) is 3.26. The van der Waals surface area contributed by atoms with E-state index in [2.05, 4.69) is 6.92 Å². The number of aromatic hydroxyl groups is 2. The Morgan fingerprint density at radius 1 is 0.880 bits per heavy atom. The Morgan fingerprint density at radius 3 is 2.20 bits per heavy atom. The Hall–Kier alpha value is -2.20. The van der Waals surface area contributed by atoms with E-state index >= 15 is 0 Å². The van der Waals surface area contributed by atoms with Crippen LogP contribution in [0.1, 0.15) is 38.2 Å². The van der Waals surface area contributed by atoms with Gasteiger partial charge in [0.05, 0.1) is 6.61 Å². The molecule has 0 aliphatic carbocycles. The summed E-state index contributed by atoms with van der Waals surface area (Å²) in [6, 6.07) is 14.3. The molecule has 0 spiro atoms. The van der Waals surface area contributed by atoms with Crippen LogP contribution < -0.4 is 4.74 Å². The molecule has 4 nitrogen and oxygen atoms in total. The maximum Gasteiger partial charge on any atom is 0.123 e. The van der Waals surface area contributed by atoms with E-state index in [1.54, 1.807) is 37.4 Å². The van der Waals surface area contributed by atoms with Gasteiger partial charge in [0, 0.05) is 13.2 Å². The van der Waals surface area contributed by atoms with Gasteiger partial charge in [0.15, 0.2) is 0 Å². The second-order valence-corrected chi connectivity index (χ2v) is 5.78. The lowest BCUT2D eigenvalue weighted by atomic mass is 10.1. The van der Waals surface area contributed by atoms with E-state index in [-0.39, 0.29) is 0 Å². The molecule has 4 heteroatoms. The third-order valence-electron chi connectivity index (χ3n) is 3.67. The van der Waals surface area contributed by atoms with Gasteiger partial charge in [0.2, 0.25) is 0 Å². The molecule has 0 amide bonds. The number of aryl methyl sites for hydroxylation is 1. The minimum Gasteiger partial charge on any atom is -0.508 e. The van der Waals surface area contributed by atoms with E-state index in [9.17, 15) is 5.11 Å². The normalized spacial score (nSPS) is 10.0. The quantitative estimate of drug-likeness (QED) is 0.632. The highest BCUT2D eigenvalue weighted by Crippen LogP contribution is 2.25. The summed E-state index contributed by atoms with van der Waals surface area (Å²) in [5.41, 5.74) is 1.00. The molecule has 0 saturated heterocycles. The van der Waals surface area contributed by atoms with Gasteiger partial charge < -0.3 is 19.7 Å². The highest BCUT2D eigenvalue weighted by molar-refractivity contribution is 5.39. The molecular formula is C21H30O4. The van der Waals surface area contributed by atoms with Crippen molar-refractivity contribution >= 4 is 0 Å². The Labute approximate surface area is 151 Å². The zero-order valence-electron chi connectivity index (χ0n) is 15.3. The first-order valence-corrected chi connectivity index (χ1v) is 8.85. The van der Waals surface area contributed by atoms with Crippen molar-refractivity contribution in [3.05, 3.63) is 54.1 Å². The molecular weight excluding hydrogens is 316 g/mol. The van der Waals surface area contributed by atoms with Crippen molar-refractivity contribution in [1.82, 2.24) is 0 Å². The molecule has 0 aliphatic rings. The molecule has 0 aliphatic heterocycles. The maximum atomic E-state index is 9.89. The molecule has 25 heavy (non-hydrogen) atoms. The van der Waals surface area contributed by atoms with Crippen LogP contribution in [0, 0.1) is 0 Å². The van der Waals surface area contributed by atoms with Crippen LogP contribution in [0.15, 0.2) is 48.5 Å². The van der Waals surface area contributed by atoms with Gasteiger partial charge in [-0.25, -0.2) is 0 Å². The number of methoxy groups -OCH3 is 1. The third-order valence-corrected chi connectivity index (χ3v) is 3.67. The number of phenols is 2. The summed E-state index contributed by atoms with van der Waals surface area (Å²) in [5, 5.41) is 18.5. The summed E-state index contributed by atoms with van der Waals surface area (Å²) in [7, 11) is 1.64. The first-order chi connectivity index (χ1) is 12.2. The highest BCUT2D eigenvalue weighted by atomic mass is 16.5. The Balaban J connectivity index is 0.000000370.